The number of ether oxygens (including phenoxy) is 2. The first-order valence-electron chi connectivity index (χ1n) is 7.40. The maximum Gasteiger partial charge on any atom is 0.260 e. The van der Waals surface area contributed by atoms with Gasteiger partial charge in [-0.05, 0) is 29.8 Å². The van der Waals surface area contributed by atoms with E-state index in [1.807, 2.05) is 24.3 Å². The monoisotopic (exact) mass is 332 g/mol. The van der Waals surface area contributed by atoms with E-state index in [9.17, 15) is 4.79 Å². The van der Waals surface area contributed by atoms with Crippen LogP contribution < -0.4 is 4.74 Å². The molecule has 0 saturated carbocycles. The van der Waals surface area contributed by atoms with Crippen molar-refractivity contribution in [3.05, 3.63) is 59.4 Å². The average molecular weight is 333 g/mol. The standard InChI is InChI=1S/C17H17ClN2O3/c18-14-3-1-2-4-15(14)23-12-17(21)20-9-10-22-16(11-20)13-5-7-19-8-6-13/h1-8,16H,9-12H2/t16-/m1/s1. The Hall–Kier alpha value is -2.11. The van der Waals surface area contributed by atoms with Gasteiger partial charge in [-0.3, -0.25) is 9.78 Å². The van der Waals surface area contributed by atoms with Crippen LogP contribution in [0.25, 0.3) is 0 Å². The number of amides is 1. The quantitative estimate of drug-likeness (QED) is 0.864. The second-order valence-corrected chi connectivity index (χ2v) is 5.61. The number of benzene rings is 1. The third kappa shape index (κ3) is 4.00. The Morgan fingerprint density at radius 1 is 1.30 bits per heavy atom. The van der Waals surface area contributed by atoms with Gasteiger partial charge in [-0.2, -0.15) is 0 Å². The first-order valence-corrected chi connectivity index (χ1v) is 7.78. The van der Waals surface area contributed by atoms with Crippen molar-refractivity contribution in [3.8, 4) is 5.75 Å². The van der Waals surface area contributed by atoms with Crippen molar-refractivity contribution in [3.63, 3.8) is 0 Å². The van der Waals surface area contributed by atoms with Gasteiger partial charge in [0.1, 0.15) is 11.9 Å². The Bertz CT molecular complexity index is 666. The van der Waals surface area contributed by atoms with Crippen LogP contribution in [-0.4, -0.2) is 42.1 Å². The molecule has 6 heteroatoms. The minimum atomic E-state index is -0.129. The molecule has 0 aliphatic carbocycles. The molecule has 5 nitrogen and oxygen atoms in total. The van der Waals surface area contributed by atoms with E-state index < -0.39 is 0 Å². The molecule has 0 N–H and O–H groups in total. The highest BCUT2D eigenvalue weighted by Crippen LogP contribution is 2.24. The first kappa shape index (κ1) is 15.8. The second-order valence-electron chi connectivity index (χ2n) is 5.20. The van der Waals surface area contributed by atoms with Gasteiger partial charge in [0.25, 0.3) is 5.91 Å². The van der Waals surface area contributed by atoms with E-state index in [2.05, 4.69) is 4.98 Å². The number of para-hydroxylation sites is 1. The predicted molar refractivity (Wildman–Crippen MR) is 86.5 cm³/mol. The molecule has 1 fully saturated rings. The molecule has 2 heterocycles. The number of hydrogen-bond acceptors (Lipinski definition) is 4. The number of rotatable bonds is 4. The molecule has 1 aliphatic rings. The molecule has 23 heavy (non-hydrogen) atoms. The predicted octanol–water partition coefficient (Wildman–Crippen LogP) is 2.71. The Balaban J connectivity index is 1.58. The van der Waals surface area contributed by atoms with Crippen LogP contribution in [0.1, 0.15) is 11.7 Å². The van der Waals surface area contributed by atoms with Gasteiger partial charge in [-0.15, -0.1) is 0 Å². The van der Waals surface area contributed by atoms with Gasteiger partial charge < -0.3 is 14.4 Å². The first-order chi connectivity index (χ1) is 11.2. The number of morpholine rings is 1. The molecule has 0 spiro atoms. The molecule has 2 aromatic rings. The normalized spacial score (nSPS) is 17.8. The summed E-state index contributed by atoms with van der Waals surface area (Å²) in [5.41, 5.74) is 1.02. The number of aromatic nitrogens is 1. The molecule has 0 radical (unpaired) electrons. The average Bonchev–Trinajstić information content (AvgIpc) is 2.62. The fraction of sp³-hybridized carbons (Fsp3) is 0.294. The summed E-state index contributed by atoms with van der Waals surface area (Å²) in [7, 11) is 0. The van der Waals surface area contributed by atoms with Gasteiger partial charge in [0.15, 0.2) is 6.61 Å². The maximum absolute atomic E-state index is 12.3. The van der Waals surface area contributed by atoms with E-state index in [1.165, 1.54) is 0 Å². The Kier molecular flexibility index (Phi) is 5.10. The molecule has 0 bridgehead atoms. The van der Waals surface area contributed by atoms with Crippen molar-refractivity contribution in [1.29, 1.82) is 0 Å². The van der Waals surface area contributed by atoms with Crippen LogP contribution in [-0.2, 0) is 9.53 Å². The van der Waals surface area contributed by atoms with Crippen molar-refractivity contribution in [2.75, 3.05) is 26.3 Å². The summed E-state index contributed by atoms with van der Waals surface area (Å²) in [6.45, 7) is 1.54. The smallest absolute Gasteiger partial charge is 0.260 e. The molecule has 1 amide bonds. The minimum Gasteiger partial charge on any atom is -0.482 e. The zero-order chi connectivity index (χ0) is 16.1. The summed E-state index contributed by atoms with van der Waals surface area (Å²) >= 11 is 6.02. The number of pyridine rings is 1. The summed E-state index contributed by atoms with van der Waals surface area (Å²) in [5.74, 6) is 0.439. The lowest BCUT2D eigenvalue weighted by Crippen LogP contribution is -2.44. The largest absolute Gasteiger partial charge is 0.482 e. The molecule has 1 atom stereocenters. The van der Waals surface area contributed by atoms with Gasteiger partial charge in [-0.25, -0.2) is 0 Å². The Morgan fingerprint density at radius 3 is 2.87 bits per heavy atom. The Morgan fingerprint density at radius 2 is 2.09 bits per heavy atom. The second kappa shape index (κ2) is 7.44. The number of carbonyl (C=O) groups excluding carboxylic acids is 1. The molecule has 1 aliphatic heterocycles. The van der Waals surface area contributed by atoms with Crippen LogP contribution in [0, 0.1) is 0 Å². The summed E-state index contributed by atoms with van der Waals surface area (Å²) in [6, 6.07) is 10.9. The molecule has 0 unspecified atom stereocenters. The highest BCUT2D eigenvalue weighted by atomic mass is 35.5. The molecular weight excluding hydrogens is 316 g/mol. The maximum atomic E-state index is 12.3. The van der Waals surface area contributed by atoms with Crippen molar-refractivity contribution >= 4 is 17.5 Å². The summed E-state index contributed by atoms with van der Waals surface area (Å²) in [5, 5.41) is 0.497. The molecule has 1 aromatic heterocycles. The third-order valence-electron chi connectivity index (χ3n) is 3.68. The highest BCUT2D eigenvalue weighted by molar-refractivity contribution is 6.32. The minimum absolute atomic E-state index is 0.0349. The Labute approximate surface area is 139 Å². The van der Waals surface area contributed by atoms with E-state index in [4.69, 9.17) is 21.1 Å². The molecular formula is C17H17ClN2O3. The zero-order valence-electron chi connectivity index (χ0n) is 12.5. The lowest BCUT2D eigenvalue weighted by atomic mass is 10.1. The van der Waals surface area contributed by atoms with E-state index in [0.717, 1.165) is 5.56 Å². The zero-order valence-corrected chi connectivity index (χ0v) is 13.3. The van der Waals surface area contributed by atoms with Crippen molar-refractivity contribution < 1.29 is 14.3 Å². The highest BCUT2D eigenvalue weighted by Gasteiger charge is 2.25. The summed E-state index contributed by atoms with van der Waals surface area (Å²) in [6.07, 6.45) is 3.32. The van der Waals surface area contributed by atoms with Crippen molar-refractivity contribution in [2.45, 2.75) is 6.10 Å². The van der Waals surface area contributed by atoms with E-state index >= 15 is 0 Å². The van der Waals surface area contributed by atoms with Crippen LogP contribution in [0.15, 0.2) is 48.8 Å². The van der Waals surface area contributed by atoms with Gasteiger partial charge in [0, 0.05) is 18.9 Å². The third-order valence-corrected chi connectivity index (χ3v) is 4.00. The molecule has 1 aromatic carbocycles. The fourth-order valence-corrected chi connectivity index (χ4v) is 2.64. The fourth-order valence-electron chi connectivity index (χ4n) is 2.45. The van der Waals surface area contributed by atoms with E-state index in [-0.39, 0.29) is 18.6 Å². The van der Waals surface area contributed by atoms with Crippen molar-refractivity contribution in [1.82, 2.24) is 9.88 Å². The van der Waals surface area contributed by atoms with Crippen LogP contribution in [0.2, 0.25) is 5.02 Å². The van der Waals surface area contributed by atoms with Gasteiger partial charge in [-0.1, -0.05) is 23.7 Å². The van der Waals surface area contributed by atoms with E-state index in [1.54, 1.807) is 29.4 Å². The van der Waals surface area contributed by atoms with E-state index in [0.29, 0.717) is 30.5 Å². The van der Waals surface area contributed by atoms with Gasteiger partial charge >= 0.3 is 0 Å². The topological polar surface area (TPSA) is 51.7 Å². The lowest BCUT2D eigenvalue weighted by molar-refractivity contribution is -0.141. The lowest BCUT2D eigenvalue weighted by Gasteiger charge is -2.33. The molecule has 120 valence electrons. The van der Waals surface area contributed by atoms with Crippen LogP contribution >= 0.6 is 11.6 Å². The summed E-state index contributed by atoms with van der Waals surface area (Å²) in [4.78, 5) is 18.1. The van der Waals surface area contributed by atoms with Gasteiger partial charge in [0.2, 0.25) is 0 Å². The van der Waals surface area contributed by atoms with Gasteiger partial charge in [0.05, 0.1) is 18.2 Å². The van der Waals surface area contributed by atoms with Crippen LogP contribution in [0.3, 0.4) is 0 Å². The SMILES string of the molecule is O=C(COc1ccccc1Cl)N1CCO[C@@H](c2ccncc2)C1. The summed E-state index contributed by atoms with van der Waals surface area (Å²) < 4.78 is 11.3. The number of halogens is 1. The van der Waals surface area contributed by atoms with Crippen LogP contribution in [0.5, 0.6) is 5.75 Å². The van der Waals surface area contributed by atoms with Crippen LogP contribution in [0.4, 0.5) is 0 Å². The van der Waals surface area contributed by atoms with Crippen molar-refractivity contribution in [2.24, 2.45) is 0 Å². The number of nitrogens with zero attached hydrogens (tertiary/aromatic N) is 2. The number of hydrogen-bond donors (Lipinski definition) is 0. The molecule has 1 saturated heterocycles. The molecule has 3 rings (SSSR count). The number of carbonyl (C=O) groups is 1.